The molecule has 1 aliphatic heterocycles. The van der Waals surface area contributed by atoms with E-state index in [2.05, 4.69) is 42.9 Å². The van der Waals surface area contributed by atoms with Gasteiger partial charge in [0.15, 0.2) is 0 Å². The molecule has 0 saturated carbocycles. The molecule has 0 spiro atoms. The summed E-state index contributed by atoms with van der Waals surface area (Å²) in [5, 5.41) is 0. The predicted molar refractivity (Wildman–Crippen MR) is 73.9 cm³/mol. The number of likely N-dealkylation sites (N-methyl/N-ethyl adjacent to an activating group) is 1. The Morgan fingerprint density at radius 3 is 2.50 bits per heavy atom. The monoisotopic (exact) mass is 256 g/mol. The average molecular weight is 256 g/mol. The van der Waals surface area contributed by atoms with E-state index in [0.717, 1.165) is 32.6 Å². The molecule has 5 nitrogen and oxygen atoms in total. The smallest absolute Gasteiger partial charge is 0.251 e. The first-order chi connectivity index (χ1) is 8.54. The Kier molecular flexibility index (Phi) is 6.05. The lowest BCUT2D eigenvalue weighted by Crippen LogP contribution is -2.51. The van der Waals surface area contributed by atoms with Gasteiger partial charge in [0.25, 0.3) is 5.91 Å². The summed E-state index contributed by atoms with van der Waals surface area (Å²) in [6.45, 7) is 12.6. The number of nitrogens with two attached hydrogens (primary N) is 1. The van der Waals surface area contributed by atoms with E-state index in [9.17, 15) is 4.79 Å². The van der Waals surface area contributed by atoms with Crippen LogP contribution < -0.4 is 11.3 Å². The molecule has 0 aromatic heterocycles. The van der Waals surface area contributed by atoms with Crippen molar-refractivity contribution in [3.8, 4) is 0 Å². The van der Waals surface area contributed by atoms with Crippen LogP contribution in [0.25, 0.3) is 0 Å². The number of nitrogens with one attached hydrogen (secondary N) is 1. The largest absolute Gasteiger partial charge is 0.300 e. The Labute approximate surface area is 111 Å². The number of carbonyl (C=O) groups excluding carboxylic acids is 1. The zero-order valence-corrected chi connectivity index (χ0v) is 12.1. The zero-order valence-electron chi connectivity index (χ0n) is 12.1. The Morgan fingerprint density at radius 1 is 1.44 bits per heavy atom. The van der Waals surface area contributed by atoms with Crippen LogP contribution in [0.2, 0.25) is 0 Å². The topological polar surface area (TPSA) is 61.6 Å². The molecule has 0 radical (unpaired) electrons. The first-order valence-electron chi connectivity index (χ1n) is 7.03. The molecule has 1 rings (SSSR count). The van der Waals surface area contributed by atoms with Crippen LogP contribution in [0.15, 0.2) is 0 Å². The highest BCUT2D eigenvalue weighted by Gasteiger charge is 2.35. The minimum Gasteiger partial charge on any atom is -0.300 e. The first kappa shape index (κ1) is 15.4. The van der Waals surface area contributed by atoms with Crippen LogP contribution in [-0.4, -0.2) is 54.0 Å². The van der Waals surface area contributed by atoms with E-state index in [1.165, 1.54) is 0 Å². The highest BCUT2D eigenvalue weighted by Crippen LogP contribution is 2.21. The summed E-state index contributed by atoms with van der Waals surface area (Å²) >= 11 is 0. The third kappa shape index (κ3) is 3.43. The molecule has 0 bridgehead atoms. The number of amides is 1. The van der Waals surface area contributed by atoms with Crippen molar-refractivity contribution < 1.29 is 4.79 Å². The number of nitrogens with zero attached hydrogens (tertiary/aromatic N) is 2. The number of hydrazine groups is 1. The molecule has 1 saturated heterocycles. The fourth-order valence-corrected chi connectivity index (χ4v) is 3.03. The number of likely N-dealkylation sites (tertiary alicyclic amines) is 1. The maximum atomic E-state index is 11.9. The van der Waals surface area contributed by atoms with Crippen LogP contribution in [0.1, 0.15) is 34.1 Å². The molecule has 2 unspecified atom stereocenters. The Bertz CT molecular complexity index is 266. The summed E-state index contributed by atoms with van der Waals surface area (Å²) in [6, 6.07) is 0.474. The fraction of sp³-hybridized carbons (Fsp3) is 0.923. The molecule has 2 atom stereocenters. The standard InChI is InChI=1S/C13H28N4O/c1-5-16(6-2)11-7-8-17(9-11)12(10(3)4)13(18)15-14/h10-12H,5-9,14H2,1-4H3,(H,15,18). The van der Waals surface area contributed by atoms with Gasteiger partial charge in [0.2, 0.25) is 0 Å². The van der Waals surface area contributed by atoms with Crippen LogP contribution in [0, 0.1) is 5.92 Å². The molecule has 1 amide bonds. The van der Waals surface area contributed by atoms with Crippen LogP contribution in [0.4, 0.5) is 0 Å². The molecule has 0 aromatic carbocycles. The van der Waals surface area contributed by atoms with Crippen molar-refractivity contribution >= 4 is 5.91 Å². The van der Waals surface area contributed by atoms with Gasteiger partial charge in [0.1, 0.15) is 0 Å². The quantitative estimate of drug-likeness (QED) is 0.411. The van der Waals surface area contributed by atoms with Crippen molar-refractivity contribution in [2.45, 2.75) is 46.2 Å². The Hall–Kier alpha value is -0.650. The normalized spacial score (nSPS) is 22.7. The van der Waals surface area contributed by atoms with E-state index < -0.39 is 0 Å². The molecule has 1 heterocycles. The van der Waals surface area contributed by atoms with Crippen molar-refractivity contribution in [1.29, 1.82) is 0 Å². The molecule has 18 heavy (non-hydrogen) atoms. The van der Waals surface area contributed by atoms with Crippen LogP contribution in [0.5, 0.6) is 0 Å². The number of hydrogen-bond donors (Lipinski definition) is 2. The van der Waals surface area contributed by atoms with Crippen molar-refractivity contribution in [3.05, 3.63) is 0 Å². The highest BCUT2D eigenvalue weighted by molar-refractivity contribution is 5.81. The second-order valence-corrected chi connectivity index (χ2v) is 5.36. The molecular formula is C13H28N4O. The van der Waals surface area contributed by atoms with Crippen LogP contribution in [0.3, 0.4) is 0 Å². The number of carbonyl (C=O) groups is 1. The van der Waals surface area contributed by atoms with Gasteiger partial charge in [-0.05, 0) is 25.4 Å². The lowest BCUT2D eigenvalue weighted by molar-refractivity contribution is -0.127. The second kappa shape index (κ2) is 7.07. The van der Waals surface area contributed by atoms with E-state index in [1.807, 2.05) is 0 Å². The summed E-state index contributed by atoms with van der Waals surface area (Å²) in [4.78, 5) is 16.6. The van der Waals surface area contributed by atoms with Gasteiger partial charge in [-0.3, -0.25) is 20.0 Å². The zero-order chi connectivity index (χ0) is 13.7. The molecule has 0 aromatic rings. The van der Waals surface area contributed by atoms with Gasteiger partial charge in [-0.1, -0.05) is 27.7 Å². The minimum absolute atomic E-state index is 0.0646. The summed E-state index contributed by atoms with van der Waals surface area (Å²) < 4.78 is 0. The molecule has 5 heteroatoms. The summed E-state index contributed by atoms with van der Waals surface area (Å²) in [7, 11) is 0. The molecule has 0 aliphatic carbocycles. The highest BCUT2D eigenvalue weighted by atomic mass is 16.2. The van der Waals surface area contributed by atoms with E-state index in [1.54, 1.807) is 0 Å². The van der Waals surface area contributed by atoms with Crippen molar-refractivity contribution in [1.82, 2.24) is 15.2 Å². The van der Waals surface area contributed by atoms with Crippen LogP contribution in [-0.2, 0) is 4.79 Å². The maximum Gasteiger partial charge on any atom is 0.251 e. The minimum atomic E-state index is -0.101. The van der Waals surface area contributed by atoms with Crippen molar-refractivity contribution in [2.75, 3.05) is 26.2 Å². The lowest BCUT2D eigenvalue weighted by Gasteiger charge is -2.31. The van der Waals surface area contributed by atoms with Crippen LogP contribution >= 0.6 is 0 Å². The van der Waals surface area contributed by atoms with E-state index in [0.29, 0.717) is 6.04 Å². The molecule has 1 fully saturated rings. The van der Waals surface area contributed by atoms with Gasteiger partial charge in [-0.15, -0.1) is 0 Å². The predicted octanol–water partition coefficient (Wildman–Crippen LogP) is 0.417. The number of hydrogen-bond acceptors (Lipinski definition) is 4. The van der Waals surface area contributed by atoms with E-state index >= 15 is 0 Å². The van der Waals surface area contributed by atoms with Gasteiger partial charge in [0, 0.05) is 19.1 Å². The van der Waals surface area contributed by atoms with Crippen molar-refractivity contribution in [2.24, 2.45) is 11.8 Å². The Balaban J connectivity index is 2.65. The molecule has 106 valence electrons. The van der Waals surface area contributed by atoms with E-state index in [4.69, 9.17) is 5.84 Å². The number of rotatable bonds is 6. The van der Waals surface area contributed by atoms with Gasteiger partial charge < -0.3 is 0 Å². The van der Waals surface area contributed by atoms with Gasteiger partial charge in [0.05, 0.1) is 6.04 Å². The van der Waals surface area contributed by atoms with E-state index in [-0.39, 0.29) is 17.9 Å². The summed E-state index contributed by atoms with van der Waals surface area (Å²) in [5.41, 5.74) is 2.30. The lowest BCUT2D eigenvalue weighted by atomic mass is 10.0. The van der Waals surface area contributed by atoms with Gasteiger partial charge in [-0.25, -0.2) is 5.84 Å². The molecular weight excluding hydrogens is 228 g/mol. The van der Waals surface area contributed by atoms with Crippen molar-refractivity contribution in [3.63, 3.8) is 0 Å². The summed E-state index contributed by atoms with van der Waals surface area (Å²) in [5.74, 6) is 5.51. The second-order valence-electron chi connectivity index (χ2n) is 5.36. The fourth-order valence-electron chi connectivity index (χ4n) is 3.03. The molecule has 3 N–H and O–H groups in total. The van der Waals surface area contributed by atoms with Gasteiger partial charge >= 0.3 is 0 Å². The summed E-state index contributed by atoms with van der Waals surface area (Å²) in [6.07, 6.45) is 1.14. The third-order valence-electron chi connectivity index (χ3n) is 3.96. The average Bonchev–Trinajstić information content (AvgIpc) is 2.79. The Morgan fingerprint density at radius 2 is 2.06 bits per heavy atom. The first-order valence-corrected chi connectivity index (χ1v) is 7.03. The third-order valence-corrected chi connectivity index (χ3v) is 3.96. The van der Waals surface area contributed by atoms with Gasteiger partial charge in [-0.2, -0.15) is 0 Å². The maximum absolute atomic E-state index is 11.9. The SMILES string of the molecule is CCN(CC)C1CCN(C(C(=O)NN)C(C)C)C1. The molecule has 1 aliphatic rings.